The molecule has 2 fully saturated rings. The molecule has 0 unspecified atom stereocenters. The molecule has 1 saturated carbocycles. The Morgan fingerprint density at radius 2 is 2.22 bits per heavy atom. The van der Waals surface area contributed by atoms with Crippen LogP contribution in [0.1, 0.15) is 36.6 Å². The topological polar surface area (TPSA) is 91.1 Å². The van der Waals surface area contributed by atoms with Gasteiger partial charge in [-0.1, -0.05) is 12.1 Å². The number of nitrogens with zero attached hydrogens (tertiary/aromatic N) is 4. The Labute approximate surface area is 155 Å². The average Bonchev–Trinajstić information content (AvgIpc) is 3.14. The third-order valence-corrected chi connectivity index (χ3v) is 4.95. The molecule has 2 aromatic rings. The van der Waals surface area contributed by atoms with Crippen molar-refractivity contribution < 1.29 is 14.0 Å². The number of hydrogen-bond acceptors (Lipinski definition) is 6. The van der Waals surface area contributed by atoms with Gasteiger partial charge in [-0.15, -0.1) is 0 Å². The number of nitrogens with one attached hydrogen (secondary N) is 1. The third kappa shape index (κ3) is 3.59. The number of rotatable bonds is 4. The maximum Gasteiger partial charge on any atom is 0.249 e. The number of anilines is 1. The van der Waals surface area contributed by atoms with E-state index in [0.717, 1.165) is 5.56 Å². The van der Waals surface area contributed by atoms with Crippen LogP contribution < -0.4 is 5.32 Å². The first kappa shape index (κ1) is 17.4. The van der Waals surface area contributed by atoms with Gasteiger partial charge >= 0.3 is 0 Å². The Kier molecular flexibility index (Phi) is 4.69. The van der Waals surface area contributed by atoms with Gasteiger partial charge < -0.3 is 5.32 Å². The van der Waals surface area contributed by atoms with Crippen molar-refractivity contribution >= 4 is 11.9 Å². The summed E-state index contributed by atoms with van der Waals surface area (Å²) in [5.41, 5.74) is 1.04. The summed E-state index contributed by atoms with van der Waals surface area (Å²) in [6, 6.07) is 9.62. The van der Waals surface area contributed by atoms with Gasteiger partial charge in [0.25, 0.3) is 0 Å². The van der Waals surface area contributed by atoms with Crippen molar-refractivity contribution in [1.29, 1.82) is 5.26 Å². The minimum atomic E-state index is -0.320. The van der Waals surface area contributed by atoms with Gasteiger partial charge in [0.15, 0.2) is 0 Å². The maximum atomic E-state index is 13.5. The van der Waals surface area contributed by atoms with Crippen molar-refractivity contribution in [2.24, 2.45) is 5.92 Å². The lowest BCUT2D eigenvalue weighted by Crippen LogP contribution is -2.45. The molecule has 27 heavy (non-hydrogen) atoms. The van der Waals surface area contributed by atoms with E-state index in [1.165, 1.54) is 29.5 Å². The predicted octanol–water partition coefficient (Wildman–Crippen LogP) is 2.58. The van der Waals surface area contributed by atoms with Crippen molar-refractivity contribution in [3.05, 3.63) is 53.6 Å². The van der Waals surface area contributed by atoms with Gasteiger partial charge in [-0.05, 0) is 36.6 Å². The van der Waals surface area contributed by atoms with E-state index in [-0.39, 0.29) is 29.7 Å². The number of halogens is 1. The maximum absolute atomic E-state index is 13.5. The van der Waals surface area contributed by atoms with Crippen LogP contribution in [-0.4, -0.2) is 33.6 Å². The first-order valence-corrected chi connectivity index (χ1v) is 8.85. The average molecular weight is 367 g/mol. The minimum Gasteiger partial charge on any atom is -0.351 e. The minimum absolute atomic E-state index is 0.0723. The van der Waals surface area contributed by atoms with Crippen LogP contribution in [0.2, 0.25) is 0 Å². The van der Waals surface area contributed by atoms with Crippen LogP contribution in [-0.2, 0) is 9.63 Å². The molecular formula is C19H18FN5O2. The Morgan fingerprint density at radius 1 is 1.37 bits per heavy atom. The number of amides is 1. The zero-order valence-corrected chi connectivity index (χ0v) is 14.5. The number of carbonyl (C=O) groups excluding carboxylic acids is 1. The van der Waals surface area contributed by atoms with Gasteiger partial charge in [0.1, 0.15) is 17.6 Å². The third-order valence-electron chi connectivity index (χ3n) is 4.95. The van der Waals surface area contributed by atoms with E-state index in [4.69, 9.17) is 10.1 Å². The fourth-order valence-electron chi connectivity index (χ4n) is 3.49. The molecule has 1 atom stereocenters. The molecule has 8 heteroatoms. The van der Waals surface area contributed by atoms with Crippen molar-refractivity contribution in [2.75, 3.05) is 11.9 Å². The van der Waals surface area contributed by atoms with E-state index in [2.05, 4.69) is 15.3 Å². The van der Waals surface area contributed by atoms with Crippen LogP contribution >= 0.6 is 0 Å². The second kappa shape index (κ2) is 7.29. The molecule has 1 aliphatic carbocycles. The summed E-state index contributed by atoms with van der Waals surface area (Å²) in [7, 11) is 0. The molecule has 1 aromatic heterocycles. The van der Waals surface area contributed by atoms with Crippen LogP contribution in [0.4, 0.5) is 10.3 Å². The van der Waals surface area contributed by atoms with Crippen molar-refractivity contribution in [3.8, 4) is 6.07 Å². The second-order valence-corrected chi connectivity index (χ2v) is 6.74. The normalized spacial score (nSPS) is 24.1. The lowest BCUT2D eigenvalue weighted by molar-refractivity contribution is -0.184. The van der Waals surface area contributed by atoms with Crippen molar-refractivity contribution in [2.45, 2.75) is 31.3 Å². The molecular weight excluding hydrogens is 349 g/mol. The standard InChI is InChI=1S/C19H18FN5O2/c20-14-3-1-2-12(8-14)17-5-7-27-25(17)18(26)13-9-16(10-13)24-19-22-6-4-15(11-21)23-19/h1-4,6,8,13,16-17H,5,7,9-10H2,(H,22,23,24)/t13-,16+,17-/m0/s1. The summed E-state index contributed by atoms with van der Waals surface area (Å²) in [5.74, 6) is -0.165. The van der Waals surface area contributed by atoms with Gasteiger partial charge in [0, 0.05) is 24.6 Å². The van der Waals surface area contributed by atoms with Gasteiger partial charge in [0.2, 0.25) is 11.9 Å². The summed E-state index contributed by atoms with van der Waals surface area (Å²) in [4.78, 5) is 26.5. The molecule has 4 rings (SSSR count). The Hall–Kier alpha value is -3.05. The van der Waals surface area contributed by atoms with Gasteiger partial charge in [-0.2, -0.15) is 5.26 Å². The second-order valence-electron chi connectivity index (χ2n) is 6.74. The highest BCUT2D eigenvalue weighted by Crippen LogP contribution is 2.37. The Morgan fingerprint density at radius 3 is 3.00 bits per heavy atom. The molecule has 2 heterocycles. The molecule has 138 valence electrons. The van der Waals surface area contributed by atoms with Gasteiger partial charge in [0.05, 0.1) is 12.6 Å². The van der Waals surface area contributed by atoms with Crippen LogP contribution in [0, 0.1) is 23.1 Å². The monoisotopic (exact) mass is 367 g/mol. The van der Waals surface area contributed by atoms with E-state index in [1.807, 2.05) is 12.1 Å². The number of hydroxylamine groups is 2. The van der Waals surface area contributed by atoms with Gasteiger partial charge in [-0.25, -0.2) is 19.4 Å². The lowest BCUT2D eigenvalue weighted by Gasteiger charge is -2.37. The number of benzene rings is 1. The van der Waals surface area contributed by atoms with E-state index in [1.54, 1.807) is 6.07 Å². The highest BCUT2D eigenvalue weighted by Gasteiger charge is 2.42. The fourth-order valence-corrected chi connectivity index (χ4v) is 3.49. The van der Waals surface area contributed by atoms with E-state index >= 15 is 0 Å². The van der Waals surface area contributed by atoms with Crippen molar-refractivity contribution in [1.82, 2.24) is 15.0 Å². The predicted molar refractivity (Wildman–Crippen MR) is 93.4 cm³/mol. The molecule has 1 N–H and O–H groups in total. The molecule has 1 aromatic carbocycles. The number of nitriles is 1. The smallest absolute Gasteiger partial charge is 0.249 e. The highest BCUT2D eigenvalue weighted by atomic mass is 19.1. The molecule has 2 aliphatic rings. The summed E-state index contributed by atoms with van der Waals surface area (Å²) in [6.07, 6.45) is 3.44. The van der Waals surface area contributed by atoms with Crippen molar-refractivity contribution in [3.63, 3.8) is 0 Å². The first-order chi connectivity index (χ1) is 13.1. The van der Waals surface area contributed by atoms with Crippen LogP contribution in [0.5, 0.6) is 0 Å². The summed E-state index contributed by atoms with van der Waals surface area (Å²) in [6.45, 7) is 0.441. The largest absolute Gasteiger partial charge is 0.351 e. The Balaban J connectivity index is 1.36. The quantitative estimate of drug-likeness (QED) is 0.893. The first-order valence-electron chi connectivity index (χ1n) is 8.85. The highest BCUT2D eigenvalue weighted by molar-refractivity contribution is 5.79. The molecule has 1 aliphatic heterocycles. The molecule has 0 radical (unpaired) electrons. The summed E-state index contributed by atoms with van der Waals surface area (Å²) in [5, 5.41) is 13.4. The SMILES string of the molecule is N#Cc1ccnc(N[C@H]2C[C@@H](C(=O)N3OCC[C@H]3c3cccc(F)c3)C2)n1. The summed E-state index contributed by atoms with van der Waals surface area (Å²) >= 11 is 0. The lowest BCUT2D eigenvalue weighted by atomic mass is 9.79. The Bertz CT molecular complexity index is 894. The molecule has 0 spiro atoms. The number of hydrogen-bond donors (Lipinski definition) is 1. The zero-order valence-electron chi connectivity index (χ0n) is 14.5. The van der Waals surface area contributed by atoms with Crippen LogP contribution in [0.15, 0.2) is 36.5 Å². The van der Waals surface area contributed by atoms with E-state index in [9.17, 15) is 9.18 Å². The number of aromatic nitrogens is 2. The summed E-state index contributed by atoms with van der Waals surface area (Å²) < 4.78 is 13.5. The fraction of sp³-hybridized carbons (Fsp3) is 0.368. The molecule has 0 bridgehead atoms. The van der Waals surface area contributed by atoms with Crippen LogP contribution in [0.3, 0.4) is 0 Å². The zero-order chi connectivity index (χ0) is 18.8. The van der Waals surface area contributed by atoms with E-state index < -0.39 is 0 Å². The molecule has 1 amide bonds. The number of carbonyl (C=O) groups is 1. The van der Waals surface area contributed by atoms with E-state index in [0.29, 0.717) is 37.5 Å². The van der Waals surface area contributed by atoms with Gasteiger partial charge in [-0.3, -0.25) is 9.63 Å². The van der Waals surface area contributed by atoms with Crippen LogP contribution in [0.25, 0.3) is 0 Å². The molecule has 1 saturated heterocycles. The molecule has 7 nitrogen and oxygen atoms in total.